The number of carbonyl (C=O) groups excluding carboxylic acids is 1. The van der Waals surface area contributed by atoms with Crippen molar-refractivity contribution < 1.29 is 9.90 Å². The van der Waals surface area contributed by atoms with Gasteiger partial charge >= 0.3 is 0 Å². The second-order valence-corrected chi connectivity index (χ2v) is 7.17. The van der Waals surface area contributed by atoms with E-state index in [0.717, 1.165) is 38.0 Å². The predicted molar refractivity (Wildman–Crippen MR) is 87.4 cm³/mol. The van der Waals surface area contributed by atoms with E-state index in [1.807, 2.05) is 0 Å². The minimum Gasteiger partial charge on any atom is -0.393 e. The number of rotatable bonds is 5. The van der Waals surface area contributed by atoms with Crippen LogP contribution in [-0.2, 0) is 11.2 Å². The number of carbonyl (C=O) groups is 1. The van der Waals surface area contributed by atoms with Crippen molar-refractivity contribution >= 4 is 5.91 Å². The standard InChI is InChI=1S/C19H27NO2/c21-18-8-6-17(7-9-18)20-19(22)13-16-11-15(12-16)10-14-4-2-1-3-5-14/h1-5,15-18,21H,6-13H2,(H,20,22)/t15?,16?,17-,18-. The van der Waals surface area contributed by atoms with E-state index in [2.05, 4.69) is 35.6 Å². The third-order valence-electron chi connectivity index (χ3n) is 5.24. The average Bonchev–Trinajstić information content (AvgIpc) is 2.48. The van der Waals surface area contributed by atoms with E-state index >= 15 is 0 Å². The first-order valence-corrected chi connectivity index (χ1v) is 8.70. The molecule has 2 saturated carbocycles. The first-order chi connectivity index (χ1) is 10.7. The second-order valence-electron chi connectivity index (χ2n) is 7.17. The number of hydrogen-bond donors (Lipinski definition) is 2. The lowest BCUT2D eigenvalue weighted by Gasteiger charge is -2.35. The second kappa shape index (κ2) is 7.28. The molecule has 1 aromatic rings. The minimum absolute atomic E-state index is 0.154. The molecule has 0 spiro atoms. The van der Waals surface area contributed by atoms with Crippen LogP contribution in [0.2, 0.25) is 0 Å². The van der Waals surface area contributed by atoms with E-state index in [1.54, 1.807) is 0 Å². The van der Waals surface area contributed by atoms with Crippen LogP contribution in [0.4, 0.5) is 0 Å². The van der Waals surface area contributed by atoms with E-state index in [0.29, 0.717) is 12.3 Å². The van der Waals surface area contributed by atoms with E-state index < -0.39 is 0 Å². The van der Waals surface area contributed by atoms with Gasteiger partial charge in [0.1, 0.15) is 0 Å². The third kappa shape index (κ3) is 4.33. The number of benzene rings is 1. The molecule has 0 atom stereocenters. The van der Waals surface area contributed by atoms with Crippen molar-refractivity contribution in [2.45, 2.75) is 63.5 Å². The van der Waals surface area contributed by atoms with Crippen molar-refractivity contribution in [2.24, 2.45) is 11.8 Å². The van der Waals surface area contributed by atoms with Crippen LogP contribution in [-0.4, -0.2) is 23.2 Å². The van der Waals surface area contributed by atoms with Crippen LogP contribution in [0.25, 0.3) is 0 Å². The van der Waals surface area contributed by atoms with Gasteiger partial charge in [-0.3, -0.25) is 4.79 Å². The molecule has 2 aliphatic carbocycles. The first-order valence-electron chi connectivity index (χ1n) is 8.70. The van der Waals surface area contributed by atoms with E-state index in [1.165, 1.54) is 18.4 Å². The Kier molecular flexibility index (Phi) is 5.14. The summed E-state index contributed by atoms with van der Waals surface area (Å²) in [6.07, 6.45) is 7.56. The number of aliphatic hydroxyl groups excluding tert-OH is 1. The number of amides is 1. The Balaban J connectivity index is 1.33. The highest BCUT2D eigenvalue weighted by Crippen LogP contribution is 2.38. The molecule has 0 bridgehead atoms. The van der Waals surface area contributed by atoms with Crippen LogP contribution in [0.5, 0.6) is 0 Å². The fraction of sp³-hybridized carbons (Fsp3) is 0.632. The molecule has 3 rings (SSSR count). The Bertz CT molecular complexity index is 473. The average molecular weight is 301 g/mol. The van der Waals surface area contributed by atoms with Gasteiger partial charge in [0, 0.05) is 12.5 Å². The first kappa shape index (κ1) is 15.5. The van der Waals surface area contributed by atoms with Crippen molar-refractivity contribution in [1.29, 1.82) is 0 Å². The summed E-state index contributed by atoms with van der Waals surface area (Å²) in [5.74, 6) is 1.54. The molecule has 2 aliphatic rings. The van der Waals surface area contributed by atoms with Crippen LogP contribution < -0.4 is 5.32 Å². The minimum atomic E-state index is -0.154. The molecule has 3 heteroatoms. The highest BCUT2D eigenvalue weighted by Gasteiger charge is 2.31. The van der Waals surface area contributed by atoms with Crippen molar-refractivity contribution in [3.8, 4) is 0 Å². The van der Waals surface area contributed by atoms with Gasteiger partial charge < -0.3 is 10.4 Å². The van der Waals surface area contributed by atoms with E-state index in [4.69, 9.17) is 0 Å². The molecule has 0 unspecified atom stereocenters. The summed E-state index contributed by atoms with van der Waals surface area (Å²) in [4.78, 5) is 12.1. The van der Waals surface area contributed by atoms with Gasteiger partial charge in [0.2, 0.25) is 5.91 Å². The van der Waals surface area contributed by atoms with Crippen LogP contribution in [0.3, 0.4) is 0 Å². The number of nitrogens with one attached hydrogen (secondary N) is 1. The lowest BCUT2D eigenvalue weighted by molar-refractivity contribution is -0.124. The highest BCUT2D eigenvalue weighted by molar-refractivity contribution is 5.76. The van der Waals surface area contributed by atoms with Gasteiger partial charge in [0.05, 0.1) is 6.10 Å². The highest BCUT2D eigenvalue weighted by atomic mass is 16.3. The molecular formula is C19H27NO2. The molecule has 1 amide bonds. The van der Waals surface area contributed by atoms with Crippen molar-refractivity contribution in [3.05, 3.63) is 35.9 Å². The zero-order valence-corrected chi connectivity index (χ0v) is 13.2. The van der Waals surface area contributed by atoms with Gasteiger partial charge in [-0.1, -0.05) is 30.3 Å². The van der Waals surface area contributed by atoms with Gasteiger partial charge in [-0.05, 0) is 62.3 Å². The summed E-state index contributed by atoms with van der Waals surface area (Å²) in [5.41, 5.74) is 1.41. The Morgan fingerprint density at radius 3 is 2.41 bits per heavy atom. The molecule has 0 aliphatic heterocycles. The summed E-state index contributed by atoms with van der Waals surface area (Å²) in [7, 11) is 0. The fourth-order valence-corrected chi connectivity index (χ4v) is 3.92. The Morgan fingerprint density at radius 1 is 1.05 bits per heavy atom. The van der Waals surface area contributed by atoms with Crippen molar-refractivity contribution in [2.75, 3.05) is 0 Å². The molecule has 22 heavy (non-hydrogen) atoms. The van der Waals surface area contributed by atoms with Crippen molar-refractivity contribution in [1.82, 2.24) is 5.32 Å². The summed E-state index contributed by atoms with van der Waals surface area (Å²) >= 11 is 0. The Morgan fingerprint density at radius 2 is 1.73 bits per heavy atom. The molecule has 120 valence electrons. The maximum atomic E-state index is 12.1. The zero-order valence-electron chi connectivity index (χ0n) is 13.2. The maximum Gasteiger partial charge on any atom is 0.220 e. The summed E-state index contributed by atoms with van der Waals surface area (Å²) in [6.45, 7) is 0. The monoisotopic (exact) mass is 301 g/mol. The van der Waals surface area contributed by atoms with Crippen LogP contribution in [0.15, 0.2) is 30.3 Å². The van der Waals surface area contributed by atoms with Crippen molar-refractivity contribution in [3.63, 3.8) is 0 Å². The van der Waals surface area contributed by atoms with Crippen LogP contribution >= 0.6 is 0 Å². The molecule has 1 aromatic carbocycles. The van der Waals surface area contributed by atoms with Gasteiger partial charge in [-0.25, -0.2) is 0 Å². The SMILES string of the molecule is O=C(CC1CC(Cc2ccccc2)C1)N[C@H]1CC[C@H](O)CC1. The number of aliphatic hydroxyl groups is 1. The maximum absolute atomic E-state index is 12.1. The lowest BCUT2D eigenvalue weighted by atomic mass is 9.70. The van der Waals surface area contributed by atoms with E-state index in [-0.39, 0.29) is 18.1 Å². The quantitative estimate of drug-likeness (QED) is 0.878. The number of hydrogen-bond acceptors (Lipinski definition) is 2. The fourth-order valence-electron chi connectivity index (χ4n) is 3.92. The van der Waals surface area contributed by atoms with E-state index in [9.17, 15) is 9.90 Å². The summed E-state index contributed by atoms with van der Waals surface area (Å²) < 4.78 is 0. The molecule has 0 aromatic heterocycles. The molecule has 3 nitrogen and oxygen atoms in total. The normalized spacial score (nSPS) is 31.3. The Hall–Kier alpha value is -1.35. The van der Waals surface area contributed by atoms with Gasteiger partial charge in [0.25, 0.3) is 0 Å². The largest absolute Gasteiger partial charge is 0.393 e. The smallest absolute Gasteiger partial charge is 0.220 e. The molecular weight excluding hydrogens is 274 g/mol. The Labute approximate surface area is 133 Å². The molecule has 0 saturated heterocycles. The summed E-state index contributed by atoms with van der Waals surface area (Å²) in [6, 6.07) is 10.9. The third-order valence-corrected chi connectivity index (χ3v) is 5.24. The molecule has 2 N–H and O–H groups in total. The predicted octanol–water partition coefficient (Wildman–Crippen LogP) is 3.07. The molecule has 0 radical (unpaired) electrons. The van der Waals surface area contributed by atoms with Crippen LogP contribution in [0.1, 0.15) is 50.5 Å². The molecule has 2 fully saturated rings. The van der Waals surface area contributed by atoms with Gasteiger partial charge in [0.15, 0.2) is 0 Å². The summed E-state index contributed by atoms with van der Waals surface area (Å²) in [5, 5.41) is 12.6. The topological polar surface area (TPSA) is 49.3 Å². The van der Waals surface area contributed by atoms with Gasteiger partial charge in [-0.15, -0.1) is 0 Å². The lowest BCUT2D eigenvalue weighted by Crippen LogP contribution is -2.40. The zero-order chi connectivity index (χ0) is 15.4. The van der Waals surface area contributed by atoms with Gasteiger partial charge in [-0.2, -0.15) is 0 Å². The van der Waals surface area contributed by atoms with Crippen LogP contribution in [0, 0.1) is 11.8 Å². The molecule has 0 heterocycles.